The average Bonchev–Trinajstić information content (AvgIpc) is 2.55. The molecule has 2 rings (SSSR count). The Bertz CT molecular complexity index is 608. The number of rotatable bonds is 7. The second-order valence-corrected chi connectivity index (χ2v) is 5.88. The molecule has 0 spiro atoms. The molecule has 2 aromatic rings. The molecular weight excluding hydrogens is 286 g/mol. The predicted octanol–water partition coefficient (Wildman–Crippen LogP) is 3.28. The van der Waals surface area contributed by atoms with E-state index in [-0.39, 0.29) is 18.0 Å². The first-order valence-corrected chi connectivity index (χ1v) is 7.97. The SMILES string of the molecule is CNc1ccc(NC(=O)[C@H](Cc2ccccc2)NC(C)C)cc1. The summed E-state index contributed by atoms with van der Waals surface area (Å²) in [6.07, 6.45) is 0.666. The monoisotopic (exact) mass is 311 g/mol. The molecule has 0 unspecified atom stereocenters. The van der Waals surface area contributed by atoms with E-state index in [1.54, 1.807) is 0 Å². The molecule has 4 heteroatoms. The molecule has 0 aliphatic carbocycles. The van der Waals surface area contributed by atoms with E-state index in [1.165, 1.54) is 0 Å². The summed E-state index contributed by atoms with van der Waals surface area (Å²) in [5.74, 6) is -0.0141. The molecule has 0 saturated heterocycles. The number of hydrogen-bond donors (Lipinski definition) is 3. The van der Waals surface area contributed by atoms with Gasteiger partial charge in [0, 0.05) is 24.5 Å². The van der Waals surface area contributed by atoms with E-state index in [1.807, 2.05) is 75.5 Å². The van der Waals surface area contributed by atoms with Crippen LogP contribution in [0.25, 0.3) is 0 Å². The Morgan fingerprint density at radius 1 is 0.957 bits per heavy atom. The minimum atomic E-state index is -0.263. The number of carbonyl (C=O) groups excluding carboxylic acids is 1. The first-order valence-electron chi connectivity index (χ1n) is 7.97. The number of carbonyl (C=O) groups is 1. The molecule has 3 N–H and O–H groups in total. The van der Waals surface area contributed by atoms with Crippen molar-refractivity contribution in [1.82, 2.24) is 5.32 Å². The zero-order chi connectivity index (χ0) is 16.7. The fourth-order valence-electron chi connectivity index (χ4n) is 2.43. The van der Waals surface area contributed by atoms with Crippen LogP contribution in [0.15, 0.2) is 54.6 Å². The van der Waals surface area contributed by atoms with Crippen molar-refractivity contribution < 1.29 is 4.79 Å². The fraction of sp³-hybridized carbons (Fsp3) is 0.316. The summed E-state index contributed by atoms with van der Waals surface area (Å²) in [7, 11) is 1.87. The van der Waals surface area contributed by atoms with Gasteiger partial charge in [0.2, 0.25) is 5.91 Å². The van der Waals surface area contributed by atoms with Crippen LogP contribution in [0, 0.1) is 0 Å². The molecule has 1 atom stereocenters. The number of anilines is 2. The lowest BCUT2D eigenvalue weighted by molar-refractivity contribution is -0.118. The lowest BCUT2D eigenvalue weighted by Gasteiger charge is -2.21. The largest absolute Gasteiger partial charge is 0.388 e. The Hall–Kier alpha value is -2.33. The van der Waals surface area contributed by atoms with Gasteiger partial charge in [-0.3, -0.25) is 4.79 Å². The summed E-state index contributed by atoms with van der Waals surface area (Å²) in [5, 5.41) is 9.40. The molecule has 0 fully saturated rings. The molecule has 0 aliphatic heterocycles. The lowest BCUT2D eigenvalue weighted by Crippen LogP contribution is -2.45. The van der Waals surface area contributed by atoms with E-state index < -0.39 is 0 Å². The highest BCUT2D eigenvalue weighted by Crippen LogP contribution is 2.14. The Morgan fingerprint density at radius 3 is 2.13 bits per heavy atom. The van der Waals surface area contributed by atoms with Crippen LogP contribution in [0.3, 0.4) is 0 Å². The highest BCUT2D eigenvalue weighted by Gasteiger charge is 2.19. The van der Waals surface area contributed by atoms with Crippen LogP contribution in [0.5, 0.6) is 0 Å². The predicted molar refractivity (Wildman–Crippen MR) is 96.8 cm³/mol. The minimum absolute atomic E-state index is 0.0141. The summed E-state index contributed by atoms with van der Waals surface area (Å²) in [6.45, 7) is 4.10. The van der Waals surface area contributed by atoms with Crippen LogP contribution in [0.4, 0.5) is 11.4 Å². The van der Waals surface area contributed by atoms with E-state index in [9.17, 15) is 4.79 Å². The number of amides is 1. The van der Waals surface area contributed by atoms with E-state index in [0.29, 0.717) is 6.42 Å². The summed E-state index contributed by atoms with van der Waals surface area (Å²) < 4.78 is 0. The second-order valence-electron chi connectivity index (χ2n) is 5.88. The van der Waals surface area contributed by atoms with Gasteiger partial charge in [-0.15, -0.1) is 0 Å². The number of benzene rings is 2. The molecule has 0 bridgehead atoms. The van der Waals surface area contributed by atoms with Gasteiger partial charge in [0.05, 0.1) is 6.04 Å². The summed E-state index contributed by atoms with van der Waals surface area (Å²) in [6, 6.07) is 17.7. The van der Waals surface area contributed by atoms with Gasteiger partial charge in [0.25, 0.3) is 0 Å². The Balaban J connectivity index is 2.06. The second kappa shape index (κ2) is 8.34. The first-order chi connectivity index (χ1) is 11.1. The quantitative estimate of drug-likeness (QED) is 0.735. The number of hydrogen-bond acceptors (Lipinski definition) is 3. The number of nitrogens with one attached hydrogen (secondary N) is 3. The van der Waals surface area contributed by atoms with Gasteiger partial charge < -0.3 is 16.0 Å². The van der Waals surface area contributed by atoms with Gasteiger partial charge in [0.15, 0.2) is 0 Å². The van der Waals surface area contributed by atoms with E-state index in [4.69, 9.17) is 0 Å². The zero-order valence-electron chi connectivity index (χ0n) is 14.0. The fourth-order valence-corrected chi connectivity index (χ4v) is 2.43. The van der Waals surface area contributed by atoms with Crippen molar-refractivity contribution in [3.05, 3.63) is 60.2 Å². The third kappa shape index (κ3) is 5.42. The topological polar surface area (TPSA) is 53.2 Å². The molecule has 0 saturated carbocycles. The van der Waals surface area contributed by atoms with Crippen molar-refractivity contribution in [2.45, 2.75) is 32.4 Å². The first kappa shape index (κ1) is 17.0. The van der Waals surface area contributed by atoms with Crippen molar-refractivity contribution in [3.8, 4) is 0 Å². The van der Waals surface area contributed by atoms with Crippen LogP contribution < -0.4 is 16.0 Å². The van der Waals surface area contributed by atoms with Crippen LogP contribution >= 0.6 is 0 Å². The maximum Gasteiger partial charge on any atom is 0.241 e. The van der Waals surface area contributed by atoms with Gasteiger partial charge in [-0.1, -0.05) is 44.2 Å². The Morgan fingerprint density at radius 2 is 1.57 bits per heavy atom. The molecule has 4 nitrogen and oxygen atoms in total. The average molecular weight is 311 g/mol. The van der Waals surface area contributed by atoms with Gasteiger partial charge in [0.1, 0.15) is 0 Å². The molecule has 2 aromatic carbocycles. The lowest BCUT2D eigenvalue weighted by atomic mass is 10.0. The van der Waals surface area contributed by atoms with Gasteiger partial charge in [-0.25, -0.2) is 0 Å². The van der Waals surface area contributed by atoms with Crippen LogP contribution in [-0.4, -0.2) is 25.0 Å². The van der Waals surface area contributed by atoms with Crippen molar-refractivity contribution >= 4 is 17.3 Å². The molecule has 0 heterocycles. The van der Waals surface area contributed by atoms with E-state index >= 15 is 0 Å². The molecule has 1 amide bonds. The van der Waals surface area contributed by atoms with Crippen molar-refractivity contribution in [2.75, 3.05) is 17.7 Å². The maximum atomic E-state index is 12.6. The Kier molecular flexibility index (Phi) is 6.18. The van der Waals surface area contributed by atoms with Gasteiger partial charge in [-0.2, -0.15) is 0 Å². The molecular formula is C19H25N3O. The zero-order valence-corrected chi connectivity index (χ0v) is 14.0. The Labute approximate surface area is 138 Å². The molecule has 23 heavy (non-hydrogen) atoms. The maximum absolute atomic E-state index is 12.6. The smallest absolute Gasteiger partial charge is 0.241 e. The van der Waals surface area contributed by atoms with Crippen molar-refractivity contribution in [2.24, 2.45) is 0 Å². The van der Waals surface area contributed by atoms with Crippen LogP contribution in [0.2, 0.25) is 0 Å². The standard InChI is InChI=1S/C19H25N3O/c1-14(2)21-18(13-15-7-5-4-6-8-15)19(23)22-17-11-9-16(20-3)10-12-17/h4-12,14,18,20-21H,13H2,1-3H3,(H,22,23)/t18-/m0/s1. The summed E-state index contributed by atoms with van der Waals surface area (Å²) in [5.41, 5.74) is 2.97. The van der Waals surface area contributed by atoms with Gasteiger partial charge >= 0.3 is 0 Å². The highest BCUT2D eigenvalue weighted by atomic mass is 16.2. The minimum Gasteiger partial charge on any atom is -0.388 e. The highest BCUT2D eigenvalue weighted by molar-refractivity contribution is 5.95. The summed E-state index contributed by atoms with van der Waals surface area (Å²) >= 11 is 0. The van der Waals surface area contributed by atoms with E-state index in [0.717, 1.165) is 16.9 Å². The summed E-state index contributed by atoms with van der Waals surface area (Å²) in [4.78, 5) is 12.6. The van der Waals surface area contributed by atoms with Crippen molar-refractivity contribution in [3.63, 3.8) is 0 Å². The third-order valence-corrected chi connectivity index (χ3v) is 3.57. The molecule has 0 radical (unpaired) electrons. The normalized spacial score (nSPS) is 12.0. The van der Waals surface area contributed by atoms with Crippen LogP contribution in [-0.2, 0) is 11.2 Å². The van der Waals surface area contributed by atoms with Crippen molar-refractivity contribution in [1.29, 1.82) is 0 Å². The third-order valence-electron chi connectivity index (χ3n) is 3.57. The van der Waals surface area contributed by atoms with Crippen LogP contribution in [0.1, 0.15) is 19.4 Å². The van der Waals surface area contributed by atoms with E-state index in [2.05, 4.69) is 16.0 Å². The molecule has 0 aliphatic rings. The molecule has 0 aromatic heterocycles. The van der Waals surface area contributed by atoms with Gasteiger partial charge in [-0.05, 0) is 36.2 Å². The molecule has 122 valence electrons.